The Labute approximate surface area is 162 Å². The smallest absolute Gasteiger partial charge is 0.417 e. The number of carboxylic acids is 1. The molecule has 3 aromatic rings. The van der Waals surface area contributed by atoms with Gasteiger partial charge in [-0.1, -0.05) is 6.07 Å². The van der Waals surface area contributed by atoms with Crippen molar-refractivity contribution in [1.29, 1.82) is 0 Å². The molecule has 29 heavy (non-hydrogen) atoms. The third-order valence-corrected chi connectivity index (χ3v) is 4.46. The van der Waals surface area contributed by atoms with E-state index in [1.54, 1.807) is 0 Å². The van der Waals surface area contributed by atoms with Crippen LogP contribution < -0.4 is 11.1 Å². The van der Waals surface area contributed by atoms with Crippen LogP contribution in [0.25, 0.3) is 10.9 Å². The molecule has 0 radical (unpaired) electrons. The van der Waals surface area contributed by atoms with Crippen LogP contribution in [0.2, 0.25) is 0 Å². The molecule has 2 atom stereocenters. The standard InChI is InChI=1S/C18H18F3N5O3/c19-18(20,21)11-2-1-3-13-15(11)9(6-24-13)4-14(17(28)29)26-16(27)12(22)5-10-7-23-8-25-10/h1-3,6-8,12,14,24H,4-5,22H2,(H,23,25)(H,26,27)(H,28,29)/t12-,14-/m0/s1. The van der Waals surface area contributed by atoms with Crippen LogP contribution >= 0.6 is 0 Å². The first-order valence-corrected chi connectivity index (χ1v) is 8.59. The number of benzene rings is 1. The number of nitrogens with two attached hydrogens (primary N) is 1. The van der Waals surface area contributed by atoms with Crippen molar-refractivity contribution in [3.8, 4) is 0 Å². The summed E-state index contributed by atoms with van der Waals surface area (Å²) in [5.74, 6) is -2.12. The third-order valence-electron chi connectivity index (χ3n) is 4.46. The molecule has 0 bridgehead atoms. The summed E-state index contributed by atoms with van der Waals surface area (Å²) in [4.78, 5) is 33.2. The van der Waals surface area contributed by atoms with Crippen molar-refractivity contribution in [2.45, 2.75) is 31.1 Å². The first-order chi connectivity index (χ1) is 13.7. The van der Waals surface area contributed by atoms with Crippen LogP contribution in [0.15, 0.2) is 36.9 Å². The molecule has 1 aromatic carbocycles. The van der Waals surface area contributed by atoms with E-state index in [-0.39, 0.29) is 29.3 Å². The molecule has 3 rings (SSSR count). The second kappa shape index (κ2) is 7.95. The van der Waals surface area contributed by atoms with Crippen molar-refractivity contribution in [1.82, 2.24) is 20.3 Å². The van der Waals surface area contributed by atoms with Gasteiger partial charge in [-0.05, 0) is 17.7 Å². The molecule has 2 aromatic heterocycles. The molecule has 0 aliphatic carbocycles. The number of fused-ring (bicyclic) bond motifs is 1. The van der Waals surface area contributed by atoms with E-state index in [2.05, 4.69) is 20.3 Å². The minimum atomic E-state index is -4.61. The molecule has 0 spiro atoms. The van der Waals surface area contributed by atoms with Gasteiger partial charge in [-0.3, -0.25) is 4.79 Å². The van der Waals surface area contributed by atoms with Crippen molar-refractivity contribution in [3.63, 3.8) is 0 Å². The van der Waals surface area contributed by atoms with Gasteiger partial charge in [0.05, 0.1) is 17.9 Å². The maximum atomic E-state index is 13.3. The number of alkyl halides is 3. The third kappa shape index (κ3) is 4.57. The number of aliphatic carboxylic acids is 1. The van der Waals surface area contributed by atoms with E-state index in [1.807, 2.05) is 0 Å². The van der Waals surface area contributed by atoms with Gasteiger partial charge >= 0.3 is 12.1 Å². The number of halogens is 3. The molecule has 8 nitrogen and oxygen atoms in total. The van der Waals surface area contributed by atoms with Gasteiger partial charge in [0.25, 0.3) is 0 Å². The minimum Gasteiger partial charge on any atom is -0.480 e. The Kier molecular flexibility index (Phi) is 5.59. The lowest BCUT2D eigenvalue weighted by Crippen LogP contribution is -2.50. The highest BCUT2D eigenvalue weighted by Crippen LogP contribution is 2.36. The number of hydrogen-bond donors (Lipinski definition) is 5. The summed E-state index contributed by atoms with van der Waals surface area (Å²) in [5.41, 5.74) is 5.86. The Morgan fingerprint density at radius 3 is 2.62 bits per heavy atom. The maximum Gasteiger partial charge on any atom is 0.417 e. The highest BCUT2D eigenvalue weighted by Gasteiger charge is 2.34. The Hall–Kier alpha value is -3.34. The Bertz CT molecular complexity index is 1010. The molecule has 0 saturated heterocycles. The Balaban J connectivity index is 1.81. The highest BCUT2D eigenvalue weighted by atomic mass is 19.4. The molecule has 2 heterocycles. The average Bonchev–Trinajstić information content (AvgIpc) is 3.29. The molecule has 0 aliphatic rings. The number of nitrogens with zero attached hydrogens (tertiary/aromatic N) is 1. The SMILES string of the molecule is N[C@@H](Cc1cnc[nH]1)C(=O)N[C@@H](Cc1c[nH]c2cccc(C(F)(F)F)c12)C(=O)O. The molecule has 0 aliphatic heterocycles. The summed E-state index contributed by atoms with van der Waals surface area (Å²) in [6.07, 6.45) is -0.645. The van der Waals surface area contributed by atoms with Gasteiger partial charge in [0.2, 0.25) is 5.91 Å². The summed E-state index contributed by atoms with van der Waals surface area (Å²) >= 11 is 0. The normalized spacial score (nSPS) is 13.9. The highest BCUT2D eigenvalue weighted by molar-refractivity contribution is 5.90. The number of nitrogens with one attached hydrogen (secondary N) is 3. The van der Waals surface area contributed by atoms with Crippen LogP contribution in [0.5, 0.6) is 0 Å². The van der Waals surface area contributed by atoms with Crippen molar-refractivity contribution in [2.75, 3.05) is 0 Å². The monoisotopic (exact) mass is 409 g/mol. The van der Waals surface area contributed by atoms with Gasteiger partial charge in [-0.15, -0.1) is 0 Å². The molecular formula is C18H18F3N5O3. The number of imidazole rings is 1. The number of H-pyrrole nitrogens is 2. The van der Waals surface area contributed by atoms with Crippen LogP contribution in [0.1, 0.15) is 16.8 Å². The van der Waals surface area contributed by atoms with Gasteiger partial charge in [0.1, 0.15) is 6.04 Å². The average molecular weight is 409 g/mol. The van der Waals surface area contributed by atoms with Crippen molar-refractivity contribution >= 4 is 22.8 Å². The van der Waals surface area contributed by atoms with Gasteiger partial charge in [-0.25, -0.2) is 9.78 Å². The van der Waals surface area contributed by atoms with Crippen LogP contribution in [0, 0.1) is 0 Å². The topological polar surface area (TPSA) is 137 Å². The molecule has 0 unspecified atom stereocenters. The van der Waals surface area contributed by atoms with E-state index < -0.39 is 35.7 Å². The van der Waals surface area contributed by atoms with Crippen LogP contribution in [0.3, 0.4) is 0 Å². The van der Waals surface area contributed by atoms with Crippen molar-refractivity contribution < 1.29 is 27.9 Å². The van der Waals surface area contributed by atoms with Gasteiger partial charge in [0, 0.05) is 41.8 Å². The summed E-state index contributed by atoms with van der Waals surface area (Å²) in [7, 11) is 0. The fourth-order valence-corrected chi connectivity index (χ4v) is 3.08. The van der Waals surface area contributed by atoms with Crippen LogP contribution in [0.4, 0.5) is 13.2 Å². The zero-order valence-corrected chi connectivity index (χ0v) is 15.0. The number of aromatic nitrogens is 3. The van der Waals surface area contributed by atoms with Crippen LogP contribution in [-0.4, -0.2) is 44.0 Å². The second-order valence-electron chi connectivity index (χ2n) is 6.53. The molecule has 11 heteroatoms. The van der Waals surface area contributed by atoms with Crippen molar-refractivity contribution in [3.05, 3.63) is 53.7 Å². The first-order valence-electron chi connectivity index (χ1n) is 8.59. The number of carbonyl (C=O) groups is 2. The lowest BCUT2D eigenvalue weighted by molar-refractivity contribution is -0.141. The fraction of sp³-hybridized carbons (Fsp3) is 0.278. The van der Waals surface area contributed by atoms with Crippen LogP contribution in [-0.2, 0) is 28.6 Å². The first kappa shape index (κ1) is 20.4. The van der Waals surface area contributed by atoms with E-state index in [0.29, 0.717) is 5.69 Å². The van der Waals surface area contributed by atoms with Gasteiger partial charge < -0.3 is 26.1 Å². The predicted octanol–water partition coefficient (Wildman–Crippen LogP) is 1.59. The molecule has 0 fully saturated rings. The predicted molar refractivity (Wildman–Crippen MR) is 96.8 cm³/mol. The lowest BCUT2D eigenvalue weighted by atomic mass is 10.00. The Morgan fingerprint density at radius 1 is 1.24 bits per heavy atom. The van der Waals surface area contributed by atoms with E-state index in [0.717, 1.165) is 6.07 Å². The summed E-state index contributed by atoms with van der Waals surface area (Å²) < 4.78 is 40.0. The van der Waals surface area contributed by atoms with Crippen molar-refractivity contribution in [2.24, 2.45) is 5.73 Å². The maximum absolute atomic E-state index is 13.3. The molecule has 6 N–H and O–H groups in total. The second-order valence-corrected chi connectivity index (χ2v) is 6.53. The summed E-state index contributed by atoms with van der Waals surface area (Å²) in [6, 6.07) is 1.15. The van der Waals surface area contributed by atoms with Gasteiger partial charge in [0.15, 0.2) is 0 Å². The zero-order chi connectivity index (χ0) is 21.2. The number of aromatic amines is 2. The lowest BCUT2D eigenvalue weighted by Gasteiger charge is -2.18. The molecule has 1 amide bonds. The molecule has 0 saturated carbocycles. The fourth-order valence-electron chi connectivity index (χ4n) is 3.08. The largest absolute Gasteiger partial charge is 0.480 e. The quantitative estimate of drug-likeness (QED) is 0.404. The van der Waals surface area contributed by atoms with Gasteiger partial charge in [-0.2, -0.15) is 13.2 Å². The molecular weight excluding hydrogens is 391 g/mol. The number of amides is 1. The minimum absolute atomic E-state index is 0.101. The van der Waals surface area contributed by atoms with E-state index in [9.17, 15) is 27.9 Å². The summed E-state index contributed by atoms with van der Waals surface area (Å²) in [6.45, 7) is 0. The number of carbonyl (C=O) groups excluding carboxylic acids is 1. The van der Waals surface area contributed by atoms with E-state index in [1.165, 1.54) is 30.9 Å². The molecule has 154 valence electrons. The Morgan fingerprint density at radius 2 is 2.00 bits per heavy atom. The number of hydrogen-bond acceptors (Lipinski definition) is 4. The zero-order valence-electron chi connectivity index (χ0n) is 15.0. The number of rotatable bonds is 7. The van der Waals surface area contributed by atoms with E-state index >= 15 is 0 Å². The summed E-state index contributed by atoms with van der Waals surface area (Å²) in [5, 5.41) is 11.6. The number of carboxylic acid groups (broad SMARTS) is 1. The van der Waals surface area contributed by atoms with E-state index in [4.69, 9.17) is 5.73 Å².